The van der Waals surface area contributed by atoms with Gasteiger partial charge in [0.1, 0.15) is 42.7 Å². The van der Waals surface area contributed by atoms with E-state index in [9.17, 15) is 50.8 Å². The van der Waals surface area contributed by atoms with E-state index in [1.165, 1.54) is 0 Å². The van der Waals surface area contributed by atoms with Crippen LogP contribution in [-0.2, 0) is 23.7 Å². The number of allylic oxidation sites excluding steroid dienone is 1. The first kappa shape index (κ1) is 41.9. The molecule has 0 spiro atoms. The van der Waals surface area contributed by atoms with Crippen molar-refractivity contribution in [2.75, 3.05) is 19.8 Å². The van der Waals surface area contributed by atoms with E-state index in [4.69, 9.17) is 18.9 Å². The second-order valence-corrected chi connectivity index (χ2v) is 19.7. The van der Waals surface area contributed by atoms with Crippen LogP contribution in [-0.4, -0.2) is 139 Å². The lowest BCUT2D eigenvalue weighted by Crippen LogP contribution is -2.69. The van der Waals surface area contributed by atoms with Crippen LogP contribution in [0.2, 0.25) is 0 Å². The molecule has 0 aromatic rings. The minimum Gasteiger partial charge on any atom is -0.432 e. The van der Waals surface area contributed by atoms with E-state index < -0.39 is 102 Å². The highest BCUT2D eigenvalue weighted by Crippen LogP contribution is 2.76. The SMILES string of the molecule is C[C@@H]1CC[C@]2(C(=O)O[C@@H]3O[C@H](CO)[C@@H](O)[C@H](O)[C@H]3O)CC[C@]3(C)C(=CC[C@@H]4[C@@]5(C)CC[C@H](O[C@@H]6OC[C@@H](O)[C@H](O)[C@H]6O)[C@@](C)(CO)[C@@H]5CC[C@]43C)[C@@H]2[C@]1(C)O. The normalized spacial score (nSPS) is 56.6. The lowest BCUT2D eigenvalue weighted by molar-refractivity contribution is -0.313. The summed E-state index contributed by atoms with van der Waals surface area (Å²) in [5.74, 6) is -1.14. The number of carbonyl (C=O) groups excluding carboxylic acids is 1. The summed E-state index contributed by atoms with van der Waals surface area (Å²) < 4.78 is 23.5. The molecule has 7 rings (SSSR count). The molecule has 9 N–H and O–H groups in total. The first-order valence-corrected chi connectivity index (χ1v) is 20.5. The smallest absolute Gasteiger partial charge is 0.315 e. The Morgan fingerprint density at radius 3 is 2.18 bits per heavy atom. The highest BCUT2D eigenvalue weighted by Gasteiger charge is 2.72. The molecule has 2 saturated heterocycles. The van der Waals surface area contributed by atoms with Gasteiger partial charge in [-0.2, -0.15) is 0 Å². The minimum atomic E-state index is -1.73. The van der Waals surface area contributed by atoms with Gasteiger partial charge >= 0.3 is 5.97 Å². The standard InChI is InChI=1S/C41H66O14/c1-20-9-14-41(35(50)55-34-31(49)29(47)28(46)23(17-42)53-34)16-15-38(4)21(32(41)40(20,6)51)7-8-25-36(2)12-11-26(54-33-30(48)27(45)22(44)18-52-33)37(3,19-43)24(36)10-13-39(25,38)5/h7,20,22-34,42-49,51H,8-19H2,1-6H3/t20-,22-,23-,24-,25-,26+,27+,28-,29+,30-,31-,32-,33+,34+,36+,37+,38-,39-,40-,41+/m1/s1. The number of hydrogen-bond acceptors (Lipinski definition) is 14. The molecular weight excluding hydrogens is 716 g/mol. The van der Waals surface area contributed by atoms with E-state index in [0.29, 0.717) is 38.5 Å². The first-order chi connectivity index (χ1) is 25.7. The molecule has 0 aromatic heterocycles. The number of fused-ring (bicyclic) bond motifs is 7. The van der Waals surface area contributed by atoms with Crippen molar-refractivity contribution in [1.29, 1.82) is 0 Å². The third kappa shape index (κ3) is 5.89. The number of ether oxygens (including phenoxy) is 4. The molecule has 55 heavy (non-hydrogen) atoms. The minimum absolute atomic E-state index is 0.0469. The fraction of sp³-hybridized carbons (Fsp3) is 0.927. The molecule has 4 saturated carbocycles. The van der Waals surface area contributed by atoms with E-state index in [1.54, 1.807) is 0 Å². The quantitative estimate of drug-likeness (QED) is 0.104. The van der Waals surface area contributed by atoms with Gasteiger partial charge in [0.25, 0.3) is 0 Å². The van der Waals surface area contributed by atoms with Crippen LogP contribution in [0.5, 0.6) is 0 Å². The van der Waals surface area contributed by atoms with Crippen LogP contribution in [0.4, 0.5) is 0 Å². The van der Waals surface area contributed by atoms with Crippen molar-refractivity contribution in [2.24, 2.45) is 50.7 Å². The van der Waals surface area contributed by atoms with Gasteiger partial charge < -0.3 is 64.9 Å². The summed E-state index contributed by atoms with van der Waals surface area (Å²) in [5, 5.41) is 96.0. The molecule has 14 nitrogen and oxygen atoms in total. The van der Waals surface area contributed by atoms with Gasteiger partial charge in [0.15, 0.2) is 6.29 Å². The van der Waals surface area contributed by atoms with Gasteiger partial charge in [-0.15, -0.1) is 0 Å². The summed E-state index contributed by atoms with van der Waals surface area (Å²) in [6.07, 6.45) is -5.44. The summed E-state index contributed by atoms with van der Waals surface area (Å²) >= 11 is 0. The first-order valence-electron chi connectivity index (χ1n) is 20.5. The maximum Gasteiger partial charge on any atom is 0.315 e. The molecular formula is C41H66O14. The monoisotopic (exact) mass is 782 g/mol. The molecule has 314 valence electrons. The molecule has 0 amide bonds. The third-order valence-corrected chi connectivity index (χ3v) is 17.4. The Bertz CT molecular complexity index is 1490. The van der Waals surface area contributed by atoms with Gasteiger partial charge in [-0.3, -0.25) is 4.79 Å². The number of rotatable bonds is 6. The maximum absolute atomic E-state index is 14.6. The largest absolute Gasteiger partial charge is 0.432 e. The molecule has 6 fully saturated rings. The van der Waals surface area contributed by atoms with Gasteiger partial charge in [0.2, 0.25) is 6.29 Å². The van der Waals surface area contributed by atoms with E-state index in [2.05, 4.69) is 26.8 Å². The van der Waals surface area contributed by atoms with Gasteiger partial charge in [-0.25, -0.2) is 0 Å². The predicted octanol–water partition coefficient (Wildman–Crippen LogP) is 0.899. The van der Waals surface area contributed by atoms with Gasteiger partial charge in [-0.1, -0.05) is 46.3 Å². The second-order valence-electron chi connectivity index (χ2n) is 19.7. The van der Waals surface area contributed by atoms with E-state index in [0.717, 1.165) is 24.8 Å². The Morgan fingerprint density at radius 1 is 0.818 bits per heavy atom. The predicted molar refractivity (Wildman–Crippen MR) is 194 cm³/mol. The fourth-order valence-electron chi connectivity index (χ4n) is 13.5. The van der Waals surface area contributed by atoms with Crippen molar-refractivity contribution < 1.29 is 69.7 Å². The van der Waals surface area contributed by atoms with Crippen molar-refractivity contribution in [1.82, 2.24) is 0 Å². The van der Waals surface area contributed by atoms with E-state index in [1.807, 2.05) is 20.8 Å². The average molecular weight is 783 g/mol. The average Bonchev–Trinajstić information content (AvgIpc) is 3.14. The summed E-state index contributed by atoms with van der Waals surface area (Å²) in [5.41, 5.74) is -2.97. The Hall–Kier alpha value is -1.27. The summed E-state index contributed by atoms with van der Waals surface area (Å²) in [7, 11) is 0. The summed E-state index contributed by atoms with van der Waals surface area (Å²) in [4.78, 5) is 14.6. The van der Waals surface area contributed by atoms with Gasteiger partial charge in [0.05, 0.1) is 36.9 Å². The van der Waals surface area contributed by atoms with Crippen LogP contribution in [0, 0.1) is 50.7 Å². The molecule has 14 heteroatoms. The maximum atomic E-state index is 14.6. The highest BCUT2D eigenvalue weighted by molar-refractivity contribution is 5.79. The van der Waals surface area contributed by atoms with Crippen molar-refractivity contribution in [3.05, 3.63) is 11.6 Å². The summed E-state index contributed by atoms with van der Waals surface area (Å²) in [6, 6.07) is 0. The molecule has 2 heterocycles. The molecule has 0 unspecified atom stereocenters. The van der Waals surface area contributed by atoms with Crippen LogP contribution < -0.4 is 0 Å². The van der Waals surface area contributed by atoms with Crippen molar-refractivity contribution in [3.63, 3.8) is 0 Å². The lowest BCUT2D eigenvalue weighted by atomic mass is 9.33. The van der Waals surface area contributed by atoms with Crippen LogP contribution in [0.15, 0.2) is 11.6 Å². The van der Waals surface area contributed by atoms with Crippen molar-refractivity contribution in [2.45, 2.75) is 166 Å². The second kappa shape index (κ2) is 14.2. The third-order valence-electron chi connectivity index (χ3n) is 17.4. The molecule has 5 aliphatic carbocycles. The zero-order chi connectivity index (χ0) is 40.3. The van der Waals surface area contributed by atoms with Crippen molar-refractivity contribution in [3.8, 4) is 0 Å². The van der Waals surface area contributed by atoms with Gasteiger partial charge in [-0.05, 0) is 98.7 Å². The number of carbonyl (C=O) groups is 1. The van der Waals surface area contributed by atoms with Crippen LogP contribution in [0.3, 0.4) is 0 Å². The van der Waals surface area contributed by atoms with Crippen LogP contribution in [0.25, 0.3) is 0 Å². The number of aliphatic hydroxyl groups excluding tert-OH is 8. The van der Waals surface area contributed by atoms with Crippen molar-refractivity contribution >= 4 is 5.97 Å². The van der Waals surface area contributed by atoms with Crippen LogP contribution >= 0.6 is 0 Å². The summed E-state index contributed by atoms with van der Waals surface area (Å²) in [6.45, 7) is 11.9. The zero-order valence-electron chi connectivity index (χ0n) is 33.2. The Kier molecular flexibility index (Phi) is 10.8. The number of aliphatic hydroxyl groups is 9. The molecule has 0 aromatic carbocycles. The molecule has 20 atom stereocenters. The molecule has 0 bridgehead atoms. The Morgan fingerprint density at radius 2 is 1.51 bits per heavy atom. The Balaban J connectivity index is 1.20. The highest BCUT2D eigenvalue weighted by atomic mass is 16.7. The van der Waals surface area contributed by atoms with Crippen LogP contribution in [0.1, 0.15) is 99.3 Å². The zero-order valence-corrected chi connectivity index (χ0v) is 33.2. The Labute approximate surface area is 323 Å². The molecule has 7 aliphatic rings. The fourth-order valence-corrected chi connectivity index (χ4v) is 13.5. The lowest BCUT2D eigenvalue weighted by Gasteiger charge is -2.72. The number of esters is 1. The number of hydrogen-bond donors (Lipinski definition) is 9. The van der Waals surface area contributed by atoms with E-state index >= 15 is 0 Å². The topological polar surface area (TPSA) is 236 Å². The molecule has 2 aliphatic heterocycles. The van der Waals surface area contributed by atoms with E-state index in [-0.39, 0.29) is 41.8 Å². The molecule has 0 radical (unpaired) electrons. The van der Waals surface area contributed by atoms with Gasteiger partial charge in [0, 0.05) is 11.3 Å².